The molecule has 0 aliphatic carbocycles. The number of hydrogen-bond acceptors (Lipinski definition) is 4. The molecule has 3 rings (SSSR count). The molecule has 1 heterocycles. The van der Waals surface area contributed by atoms with Crippen LogP contribution in [0.5, 0.6) is 5.75 Å². The van der Waals surface area contributed by atoms with Gasteiger partial charge in [0.15, 0.2) is 5.96 Å². The molecule has 2 aromatic rings. The van der Waals surface area contributed by atoms with Gasteiger partial charge in [-0.1, -0.05) is 6.07 Å². The highest BCUT2D eigenvalue weighted by Gasteiger charge is 2.37. The first-order chi connectivity index (χ1) is 16.0. The Bertz CT molecular complexity index is 1120. The molecule has 2 aromatic carbocycles. The topological polar surface area (TPSA) is 128 Å². The first-order valence-corrected chi connectivity index (χ1v) is 10.4. The number of benzene rings is 2. The molecule has 11 heteroatoms. The summed E-state index contributed by atoms with van der Waals surface area (Å²) in [4.78, 5) is 40.6. The lowest BCUT2D eigenvalue weighted by molar-refractivity contribution is -0.138. The molecule has 4 N–H and O–H groups in total. The zero-order valence-corrected chi connectivity index (χ0v) is 18.3. The van der Waals surface area contributed by atoms with Gasteiger partial charge in [0.2, 0.25) is 0 Å². The number of guanidine groups is 1. The minimum absolute atomic E-state index is 0.0617. The van der Waals surface area contributed by atoms with Crippen LogP contribution in [0.4, 0.5) is 13.2 Å². The Hall–Kier alpha value is -3.89. The Balaban J connectivity index is 1.74. The highest BCUT2D eigenvalue weighted by molar-refractivity contribution is 6.02. The van der Waals surface area contributed by atoms with E-state index in [1.807, 2.05) is 0 Å². The quantitative estimate of drug-likeness (QED) is 0.302. The second kappa shape index (κ2) is 9.94. The van der Waals surface area contributed by atoms with E-state index in [0.29, 0.717) is 24.2 Å². The van der Waals surface area contributed by atoms with Gasteiger partial charge in [0.05, 0.1) is 5.56 Å². The minimum atomic E-state index is -4.68. The largest absolute Gasteiger partial charge is 0.427 e. The Labute approximate surface area is 193 Å². The van der Waals surface area contributed by atoms with E-state index in [1.165, 1.54) is 43.3 Å². The van der Waals surface area contributed by atoms with E-state index in [9.17, 15) is 27.6 Å². The SMILES string of the molecule is CC(=O)Oc1ccc(C(=O)N2CCC(c3ccc(C(=O)N=C(N)N)cc3C(F)(F)F)CC2)cc1. The van der Waals surface area contributed by atoms with Gasteiger partial charge in [-0.25, -0.2) is 0 Å². The fraction of sp³-hybridized carbons (Fsp3) is 0.304. The van der Waals surface area contributed by atoms with Crippen LogP contribution in [0.25, 0.3) is 0 Å². The summed E-state index contributed by atoms with van der Waals surface area (Å²) in [7, 11) is 0. The summed E-state index contributed by atoms with van der Waals surface area (Å²) >= 11 is 0. The predicted octanol–water partition coefficient (Wildman–Crippen LogP) is 3.06. The summed E-state index contributed by atoms with van der Waals surface area (Å²) in [6.07, 6.45) is -4.04. The number of nitrogens with zero attached hydrogens (tertiary/aromatic N) is 2. The van der Waals surface area contributed by atoms with Crippen molar-refractivity contribution in [3.05, 3.63) is 64.7 Å². The van der Waals surface area contributed by atoms with Crippen molar-refractivity contribution >= 4 is 23.7 Å². The van der Waals surface area contributed by atoms with E-state index in [4.69, 9.17) is 16.2 Å². The summed E-state index contributed by atoms with van der Waals surface area (Å²) in [5.41, 5.74) is 9.53. The maximum atomic E-state index is 13.8. The van der Waals surface area contributed by atoms with Gasteiger partial charge in [-0.15, -0.1) is 0 Å². The summed E-state index contributed by atoms with van der Waals surface area (Å²) in [6.45, 7) is 1.80. The molecule has 0 bridgehead atoms. The van der Waals surface area contributed by atoms with E-state index in [0.717, 1.165) is 6.07 Å². The first-order valence-electron chi connectivity index (χ1n) is 10.4. The van der Waals surface area contributed by atoms with Crippen molar-refractivity contribution in [2.45, 2.75) is 31.9 Å². The van der Waals surface area contributed by atoms with E-state index in [-0.39, 0.29) is 30.1 Å². The number of amides is 2. The Kier molecular flexibility index (Phi) is 7.23. The zero-order chi connectivity index (χ0) is 25.0. The second-order valence-corrected chi connectivity index (χ2v) is 7.83. The number of halogens is 3. The van der Waals surface area contributed by atoms with E-state index in [2.05, 4.69) is 4.99 Å². The maximum Gasteiger partial charge on any atom is 0.416 e. The van der Waals surface area contributed by atoms with Gasteiger partial charge in [-0.2, -0.15) is 18.2 Å². The first kappa shape index (κ1) is 24.7. The van der Waals surface area contributed by atoms with Crippen LogP contribution in [0.1, 0.15) is 57.5 Å². The highest BCUT2D eigenvalue weighted by Crippen LogP contribution is 2.39. The molecule has 0 radical (unpaired) electrons. The molecule has 34 heavy (non-hydrogen) atoms. The molecule has 0 spiro atoms. The van der Waals surface area contributed by atoms with Crippen molar-refractivity contribution in [2.75, 3.05) is 13.1 Å². The fourth-order valence-corrected chi connectivity index (χ4v) is 3.88. The molecule has 0 aromatic heterocycles. The minimum Gasteiger partial charge on any atom is -0.427 e. The molecule has 0 saturated carbocycles. The van der Waals surface area contributed by atoms with Crippen molar-refractivity contribution in [3.63, 3.8) is 0 Å². The third kappa shape index (κ3) is 5.91. The third-order valence-corrected chi connectivity index (χ3v) is 5.42. The Morgan fingerprint density at radius 1 is 1.00 bits per heavy atom. The number of carbonyl (C=O) groups is 3. The number of alkyl halides is 3. The molecule has 1 fully saturated rings. The average Bonchev–Trinajstić information content (AvgIpc) is 2.77. The normalized spacial score (nSPS) is 14.4. The van der Waals surface area contributed by atoms with Crippen molar-refractivity contribution in [1.29, 1.82) is 0 Å². The predicted molar refractivity (Wildman–Crippen MR) is 117 cm³/mol. The Morgan fingerprint density at radius 2 is 1.59 bits per heavy atom. The smallest absolute Gasteiger partial charge is 0.416 e. The van der Waals surface area contributed by atoms with Gasteiger partial charge in [0.1, 0.15) is 5.75 Å². The van der Waals surface area contributed by atoms with Crippen LogP contribution in [0.15, 0.2) is 47.5 Å². The number of rotatable bonds is 4. The van der Waals surface area contributed by atoms with Crippen LogP contribution in [-0.4, -0.2) is 41.7 Å². The molecule has 0 unspecified atom stereocenters. The van der Waals surface area contributed by atoms with Gasteiger partial charge in [0, 0.05) is 31.1 Å². The van der Waals surface area contributed by atoms with Crippen LogP contribution >= 0.6 is 0 Å². The molecule has 180 valence electrons. The molecular formula is C23H23F3N4O4. The number of aliphatic imine (C=N–C) groups is 1. The number of piperidine rings is 1. The third-order valence-electron chi connectivity index (χ3n) is 5.42. The number of esters is 1. The van der Waals surface area contributed by atoms with Gasteiger partial charge >= 0.3 is 12.1 Å². The summed E-state index contributed by atoms with van der Waals surface area (Å²) in [6, 6.07) is 9.36. The number of carbonyl (C=O) groups excluding carboxylic acids is 3. The summed E-state index contributed by atoms with van der Waals surface area (Å²) in [5, 5.41) is 0. The van der Waals surface area contributed by atoms with Crippen molar-refractivity contribution in [1.82, 2.24) is 4.90 Å². The van der Waals surface area contributed by atoms with Crippen LogP contribution in [0, 0.1) is 0 Å². The number of ether oxygens (including phenoxy) is 1. The lowest BCUT2D eigenvalue weighted by Crippen LogP contribution is -2.38. The molecular weight excluding hydrogens is 453 g/mol. The molecule has 0 atom stereocenters. The molecule has 2 amide bonds. The Morgan fingerprint density at radius 3 is 2.12 bits per heavy atom. The van der Waals surface area contributed by atoms with E-state index < -0.39 is 35.5 Å². The summed E-state index contributed by atoms with van der Waals surface area (Å²) in [5.74, 6) is -2.38. The van der Waals surface area contributed by atoms with Gasteiger partial charge in [-0.05, 0) is 60.7 Å². The average molecular weight is 476 g/mol. The maximum absolute atomic E-state index is 13.8. The van der Waals surface area contributed by atoms with Gasteiger partial charge in [0.25, 0.3) is 11.8 Å². The number of nitrogens with two attached hydrogens (primary N) is 2. The number of likely N-dealkylation sites (tertiary alicyclic amines) is 1. The van der Waals surface area contributed by atoms with Crippen LogP contribution < -0.4 is 16.2 Å². The molecule has 1 aliphatic rings. The lowest BCUT2D eigenvalue weighted by Gasteiger charge is -2.33. The highest BCUT2D eigenvalue weighted by atomic mass is 19.4. The van der Waals surface area contributed by atoms with Gasteiger partial charge < -0.3 is 21.1 Å². The van der Waals surface area contributed by atoms with Crippen LogP contribution in [0.3, 0.4) is 0 Å². The van der Waals surface area contributed by atoms with E-state index in [1.54, 1.807) is 4.90 Å². The second-order valence-electron chi connectivity index (χ2n) is 7.83. The zero-order valence-electron chi connectivity index (χ0n) is 18.3. The fourth-order valence-electron chi connectivity index (χ4n) is 3.88. The molecule has 1 aliphatic heterocycles. The summed E-state index contributed by atoms with van der Waals surface area (Å²) < 4.78 is 46.2. The van der Waals surface area contributed by atoms with Gasteiger partial charge in [-0.3, -0.25) is 14.4 Å². The monoisotopic (exact) mass is 476 g/mol. The standard InChI is InChI=1S/C23H23F3N4O4/c1-13(31)34-17-5-2-15(3-6-17)21(33)30-10-8-14(9-11-30)18-7-4-16(20(32)29-22(27)28)12-19(18)23(24,25)26/h2-7,12,14H,8-11H2,1H3,(H4,27,28,29,32). The molecule has 1 saturated heterocycles. The lowest BCUT2D eigenvalue weighted by atomic mass is 9.85. The van der Waals surface area contributed by atoms with Crippen LogP contribution in [0.2, 0.25) is 0 Å². The van der Waals surface area contributed by atoms with E-state index >= 15 is 0 Å². The van der Waals surface area contributed by atoms with Crippen molar-refractivity contribution in [3.8, 4) is 5.75 Å². The van der Waals surface area contributed by atoms with Crippen molar-refractivity contribution < 1.29 is 32.3 Å². The van der Waals surface area contributed by atoms with Crippen molar-refractivity contribution in [2.24, 2.45) is 16.5 Å². The van der Waals surface area contributed by atoms with Crippen LogP contribution in [-0.2, 0) is 11.0 Å². The number of hydrogen-bond donors (Lipinski definition) is 2. The molecule has 8 nitrogen and oxygen atoms in total.